The average molecular weight is 343 g/mol. The molecule has 0 unspecified atom stereocenters. The Balaban J connectivity index is 2.80. The van der Waals surface area contributed by atoms with E-state index < -0.39 is 17.9 Å². The van der Waals surface area contributed by atoms with E-state index in [2.05, 4.69) is 5.32 Å². The third-order valence-electron chi connectivity index (χ3n) is 3.36. The van der Waals surface area contributed by atoms with E-state index >= 15 is 0 Å². The molecule has 1 aliphatic heterocycles. The smallest absolute Gasteiger partial charge is 0.328 e. The van der Waals surface area contributed by atoms with Gasteiger partial charge in [-0.15, -0.1) is 0 Å². The van der Waals surface area contributed by atoms with Crippen LogP contribution in [0.4, 0.5) is 0 Å². The van der Waals surface area contributed by atoms with Gasteiger partial charge in [0.15, 0.2) is 0 Å². The molecule has 1 amide bonds. The second kappa shape index (κ2) is 10.3. The first-order valence-corrected chi connectivity index (χ1v) is 9.11. The Morgan fingerprint density at radius 1 is 1.17 bits per heavy atom. The van der Waals surface area contributed by atoms with Gasteiger partial charge in [0.05, 0.1) is 12.5 Å². The van der Waals surface area contributed by atoms with Crippen molar-refractivity contribution in [2.45, 2.75) is 32.7 Å². The second-order valence-corrected chi connectivity index (χ2v) is 6.66. The van der Waals surface area contributed by atoms with Crippen LogP contribution in [0.25, 0.3) is 0 Å². The van der Waals surface area contributed by atoms with Gasteiger partial charge in [-0.25, -0.2) is 4.79 Å². The summed E-state index contributed by atoms with van der Waals surface area (Å²) in [5.41, 5.74) is 0. The van der Waals surface area contributed by atoms with Crippen molar-refractivity contribution in [3.63, 3.8) is 0 Å². The van der Waals surface area contributed by atoms with E-state index in [4.69, 9.17) is 9.47 Å². The quantitative estimate of drug-likeness (QED) is 0.618. The standard InChI is InChI=1S/C16H25NO5S/c1-11-5-4-6-14(18)17-13(7-8-23-3)16(20)22-10-12(2)15(19)21-9-11/h4-5,11-13H,6-10H2,1-3H3,(H,17,18)/b5-4+/t11-,12+,13+/m1/s1. The Morgan fingerprint density at radius 2 is 1.87 bits per heavy atom. The van der Waals surface area contributed by atoms with Gasteiger partial charge in [0.1, 0.15) is 12.6 Å². The first-order valence-electron chi connectivity index (χ1n) is 7.72. The largest absolute Gasteiger partial charge is 0.465 e. The monoisotopic (exact) mass is 343 g/mol. The Morgan fingerprint density at radius 3 is 2.57 bits per heavy atom. The number of ether oxygens (including phenoxy) is 2. The zero-order valence-corrected chi connectivity index (χ0v) is 14.7. The molecule has 0 saturated heterocycles. The summed E-state index contributed by atoms with van der Waals surface area (Å²) in [6.45, 7) is 3.75. The van der Waals surface area contributed by atoms with Crippen LogP contribution in [0.3, 0.4) is 0 Å². The van der Waals surface area contributed by atoms with Crippen LogP contribution in [0.1, 0.15) is 26.7 Å². The molecule has 0 spiro atoms. The van der Waals surface area contributed by atoms with Gasteiger partial charge in [-0.2, -0.15) is 11.8 Å². The van der Waals surface area contributed by atoms with Crippen LogP contribution in [-0.2, 0) is 23.9 Å². The maximum Gasteiger partial charge on any atom is 0.328 e. The van der Waals surface area contributed by atoms with E-state index in [1.165, 1.54) is 0 Å². The molecule has 0 saturated carbocycles. The van der Waals surface area contributed by atoms with Crippen LogP contribution < -0.4 is 5.32 Å². The minimum absolute atomic E-state index is 0.0247. The predicted octanol–water partition coefficient (Wildman–Crippen LogP) is 1.54. The highest BCUT2D eigenvalue weighted by atomic mass is 32.2. The van der Waals surface area contributed by atoms with Gasteiger partial charge in [-0.05, 0) is 25.4 Å². The van der Waals surface area contributed by atoms with Gasteiger partial charge in [0.25, 0.3) is 0 Å². The molecule has 1 rings (SSSR count). The molecule has 0 radical (unpaired) electrons. The van der Waals surface area contributed by atoms with Crippen molar-refractivity contribution in [1.82, 2.24) is 5.32 Å². The van der Waals surface area contributed by atoms with E-state index in [0.29, 0.717) is 6.42 Å². The topological polar surface area (TPSA) is 81.7 Å². The number of rotatable bonds is 3. The van der Waals surface area contributed by atoms with Crippen LogP contribution >= 0.6 is 11.8 Å². The summed E-state index contributed by atoms with van der Waals surface area (Å²) in [7, 11) is 0. The molecule has 0 aromatic heterocycles. The maximum atomic E-state index is 12.1. The molecule has 0 aromatic rings. The van der Waals surface area contributed by atoms with Crippen LogP contribution in [0.15, 0.2) is 12.2 Å². The van der Waals surface area contributed by atoms with Crippen molar-refractivity contribution in [3.05, 3.63) is 12.2 Å². The molecule has 6 nitrogen and oxygen atoms in total. The fourth-order valence-electron chi connectivity index (χ4n) is 1.93. The van der Waals surface area contributed by atoms with Gasteiger partial charge in [0, 0.05) is 12.3 Å². The van der Waals surface area contributed by atoms with Crippen molar-refractivity contribution in [3.8, 4) is 0 Å². The number of nitrogens with one attached hydrogen (secondary N) is 1. The number of thioether (sulfide) groups is 1. The number of hydrogen-bond donors (Lipinski definition) is 1. The van der Waals surface area contributed by atoms with Crippen molar-refractivity contribution >= 4 is 29.6 Å². The lowest BCUT2D eigenvalue weighted by Gasteiger charge is -2.19. The maximum absolute atomic E-state index is 12.1. The summed E-state index contributed by atoms with van der Waals surface area (Å²) in [5, 5.41) is 2.70. The molecule has 0 aliphatic carbocycles. The van der Waals surface area contributed by atoms with Crippen LogP contribution in [0, 0.1) is 11.8 Å². The van der Waals surface area contributed by atoms with Crippen LogP contribution in [0.5, 0.6) is 0 Å². The Kier molecular flexibility index (Phi) is 8.76. The SMILES string of the molecule is CSCC[C@@H]1NC(=O)C/C=C/[C@@H](C)COC(=O)[C@@H](C)COC1=O. The zero-order valence-electron chi connectivity index (χ0n) is 13.9. The lowest BCUT2D eigenvalue weighted by atomic mass is 10.1. The van der Waals surface area contributed by atoms with Gasteiger partial charge >= 0.3 is 11.9 Å². The van der Waals surface area contributed by atoms with Gasteiger partial charge in [0.2, 0.25) is 5.91 Å². The summed E-state index contributed by atoms with van der Waals surface area (Å²) in [6, 6.07) is -0.688. The Bertz CT molecular complexity index is 452. The highest BCUT2D eigenvalue weighted by molar-refractivity contribution is 7.98. The number of carbonyl (C=O) groups is 3. The Labute approximate surface area is 141 Å². The minimum atomic E-state index is -0.688. The summed E-state index contributed by atoms with van der Waals surface area (Å²) < 4.78 is 10.4. The van der Waals surface area contributed by atoms with E-state index in [0.717, 1.165) is 5.75 Å². The van der Waals surface area contributed by atoms with E-state index in [1.807, 2.05) is 19.3 Å². The van der Waals surface area contributed by atoms with Crippen molar-refractivity contribution in [2.24, 2.45) is 11.8 Å². The zero-order chi connectivity index (χ0) is 17.2. The van der Waals surface area contributed by atoms with Gasteiger partial charge in [-0.1, -0.05) is 19.1 Å². The fourth-order valence-corrected chi connectivity index (χ4v) is 2.40. The average Bonchev–Trinajstić information content (AvgIpc) is 2.52. The first-order chi connectivity index (χ1) is 10.9. The fraction of sp³-hybridized carbons (Fsp3) is 0.688. The number of carbonyl (C=O) groups excluding carboxylic acids is 3. The third kappa shape index (κ3) is 7.54. The summed E-state index contributed by atoms with van der Waals surface area (Å²) in [4.78, 5) is 35.9. The van der Waals surface area contributed by atoms with E-state index in [1.54, 1.807) is 24.8 Å². The molecule has 0 fully saturated rings. The number of amides is 1. The summed E-state index contributed by atoms with van der Waals surface area (Å²) >= 11 is 1.59. The molecule has 7 heteroatoms. The number of cyclic esters (lactones) is 2. The highest BCUT2D eigenvalue weighted by Gasteiger charge is 2.24. The molecule has 1 heterocycles. The number of hydrogen-bond acceptors (Lipinski definition) is 6. The highest BCUT2D eigenvalue weighted by Crippen LogP contribution is 2.08. The molecule has 1 N–H and O–H groups in total. The summed E-state index contributed by atoms with van der Waals surface area (Å²) in [5.74, 6) is -0.906. The lowest BCUT2D eigenvalue weighted by Crippen LogP contribution is -2.42. The molecule has 0 bridgehead atoms. The van der Waals surface area contributed by atoms with E-state index in [-0.39, 0.29) is 37.4 Å². The lowest BCUT2D eigenvalue weighted by molar-refractivity contribution is -0.156. The minimum Gasteiger partial charge on any atom is -0.465 e. The van der Waals surface area contributed by atoms with Gasteiger partial charge in [-0.3, -0.25) is 9.59 Å². The first kappa shape index (κ1) is 19.5. The van der Waals surface area contributed by atoms with Crippen LogP contribution in [0.2, 0.25) is 0 Å². The molecular weight excluding hydrogens is 318 g/mol. The molecule has 130 valence electrons. The van der Waals surface area contributed by atoms with Crippen LogP contribution in [-0.4, -0.2) is 49.1 Å². The molecule has 3 atom stereocenters. The van der Waals surface area contributed by atoms with Crippen molar-refractivity contribution < 1.29 is 23.9 Å². The molecule has 1 aliphatic rings. The number of esters is 2. The molecule has 23 heavy (non-hydrogen) atoms. The van der Waals surface area contributed by atoms with Gasteiger partial charge < -0.3 is 14.8 Å². The molecular formula is C16H25NO5S. The Hall–Kier alpha value is -1.50. The van der Waals surface area contributed by atoms with E-state index in [9.17, 15) is 14.4 Å². The summed E-state index contributed by atoms with van der Waals surface area (Å²) in [6.07, 6.45) is 6.15. The van der Waals surface area contributed by atoms with Crippen molar-refractivity contribution in [1.29, 1.82) is 0 Å². The second-order valence-electron chi connectivity index (χ2n) is 5.67. The van der Waals surface area contributed by atoms with Crippen molar-refractivity contribution in [2.75, 3.05) is 25.2 Å². The third-order valence-corrected chi connectivity index (χ3v) is 4.01. The normalized spacial score (nSPS) is 29.0. The predicted molar refractivity (Wildman–Crippen MR) is 88.9 cm³/mol. The molecule has 0 aromatic carbocycles.